The number of halogens is 1. The lowest BCUT2D eigenvalue weighted by atomic mass is 10.1. The molecule has 2 aromatic rings. The quantitative estimate of drug-likeness (QED) is 0.866. The Morgan fingerprint density at radius 1 is 1.40 bits per heavy atom. The molecular formula is C13H12ClN3OS2. The van der Waals surface area contributed by atoms with Crippen LogP contribution < -0.4 is 4.90 Å². The molecule has 1 saturated heterocycles. The van der Waals surface area contributed by atoms with E-state index in [9.17, 15) is 4.79 Å². The van der Waals surface area contributed by atoms with Crippen molar-refractivity contribution in [2.45, 2.75) is 22.4 Å². The van der Waals surface area contributed by atoms with Gasteiger partial charge in [0.2, 0.25) is 5.91 Å². The molecule has 7 heteroatoms. The van der Waals surface area contributed by atoms with E-state index >= 15 is 0 Å². The number of rotatable bonds is 3. The highest BCUT2D eigenvalue weighted by molar-refractivity contribution is 8.02. The third kappa shape index (κ3) is 2.82. The molecule has 20 heavy (non-hydrogen) atoms. The predicted octanol–water partition coefficient (Wildman–Crippen LogP) is 3.48. The number of thioether (sulfide) groups is 1. The summed E-state index contributed by atoms with van der Waals surface area (Å²) in [4.78, 5) is 14.4. The number of piperidine rings is 1. The highest BCUT2D eigenvalue weighted by atomic mass is 35.5. The van der Waals surface area contributed by atoms with Crippen LogP contribution in [0.5, 0.6) is 0 Å². The number of carbonyl (C=O) groups is 1. The van der Waals surface area contributed by atoms with Crippen molar-refractivity contribution in [2.24, 2.45) is 0 Å². The molecule has 2 heterocycles. The zero-order valence-electron chi connectivity index (χ0n) is 10.5. The van der Waals surface area contributed by atoms with E-state index in [4.69, 9.17) is 11.6 Å². The van der Waals surface area contributed by atoms with Crippen LogP contribution >= 0.6 is 34.7 Å². The maximum Gasteiger partial charge on any atom is 0.240 e. The Kier molecular flexibility index (Phi) is 4.24. The van der Waals surface area contributed by atoms with Gasteiger partial charge < -0.3 is 4.90 Å². The standard InChI is InChI=1S/C13H12ClN3OS2/c14-9-4-1-2-5-10(9)17-7-3-6-11(12(17)18)20-13-16-15-8-19-13/h1-2,4-5,8,11H,3,6-7H2/t11-/m0/s1. The Balaban J connectivity index is 1.80. The first-order valence-corrected chi connectivity index (χ1v) is 8.38. The largest absolute Gasteiger partial charge is 0.310 e. The van der Waals surface area contributed by atoms with Crippen LogP contribution in [0.15, 0.2) is 34.1 Å². The monoisotopic (exact) mass is 325 g/mol. The molecule has 0 unspecified atom stereocenters. The molecule has 1 fully saturated rings. The topological polar surface area (TPSA) is 46.1 Å². The van der Waals surface area contributed by atoms with Crippen molar-refractivity contribution < 1.29 is 4.79 Å². The molecule has 1 aliphatic heterocycles. The van der Waals surface area contributed by atoms with Gasteiger partial charge in [-0.15, -0.1) is 10.2 Å². The van der Waals surface area contributed by atoms with E-state index in [-0.39, 0.29) is 11.2 Å². The van der Waals surface area contributed by atoms with Crippen LogP contribution in [0.1, 0.15) is 12.8 Å². The van der Waals surface area contributed by atoms with Crippen molar-refractivity contribution in [1.29, 1.82) is 0 Å². The zero-order valence-corrected chi connectivity index (χ0v) is 12.9. The van der Waals surface area contributed by atoms with Gasteiger partial charge in [0.05, 0.1) is 16.0 Å². The van der Waals surface area contributed by atoms with Crippen LogP contribution in [0.3, 0.4) is 0 Å². The number of benzene rings is 1. The summed E-state index contributed by atoms with van der Waals surface area (Å²) in [5, 5.41) is 8.31. The smallest absolute Gasteiger partial charge is 0.240 e. The first-order valence-electron chi connectivity index (χ1n) is 6.24. The van der Waals surface area contributed by atoms with Crippen molar-refractivity contribution in [3.63, 3.8) is 0 Å². The van der Waals surface area contributed by atoms with Gasteiger partial charge in [-0.2, -0.15) is 0 Å². The van der Waals surface area contributed by atoms with E-state index in [1.165, 1.54) is 23.1 Å². The summed E-state index contributed by atoms with van der Waals surface area (Å²) < 4.78 is 0.837. The molecular weight excluding hydrogens is 314 g/mol. The Bertz CT molecular complexity index is 605. The van der Waals surface area contributed by atoms with Crippen LogP contribution in [0.2, 0.25) is 5.02 Å². The second-order valence-electron chi connectivity index (χ2n) is 4.39. The molecule has 4 nitrogen and oxygen atoms in total. The number of anilines is 1. The highest BCUT2D eigenvalue weighted by Crippen LogP contribution is 2.35. The number of amides is 1. The predicted molar refractivity (Wildman–Crippen MR) is 82.6 cm³/mol. The minimum absolute atomic E-state index is 0.101. The van der Waals surface area contributed by atoms with Gasteiger partial charge in [-0.05, 0) is 25.0 Å². The molecule has 1 aliphatic rings. The fourth-order valence-corrected chi connectivity index (χ4v) is 4.26. The van der Waals surface area contributed by atoms with Crippen molar-refractivity contribution in [2.75, 3.05) is 11.4 Å². The van der Waals surface area contributed by atoms with E-state index in [0.29, 0.717) is 5.02 Å². The highest BCUT2D eigenvalue weighted by Gasteiger charge is 2.31. The van der Waals surface area contributed by atoms with Crippen LogP contribution in [-0.2, 0) is 4.79 Å². The summed E-state index contributed by atoms with van der Waals surface area (Å²) in [5.41, 5.74) is 2.48. The molecule has 1 amide bonds. The van der Waals surface area contributed by atoms with E-state index < -0.39 is 0 Å². The second-order valence-corrected chi connectivity index (χ2v) is 7.08. The minimum Gasteiger partial charge on any atom is -0.310 e. The number of nitrogens with zero attached hydrogens (tertiary/aromatic N) is 3. The van der Waals surface area contributed by atoms with E-state index in [0.717, 1.165) is 29.4 Å². The van der Waals surface area contributed by atoms with Crippen molar-refractivity contribution >= 4 is 46.3 Å². The third-order valence-electron chi connectivity index (χ3n) is 3.12. The summed E-state index contributed by atoms with van der Waals surface area (Å²) in [5.74, 6) is 0.101. The molecule has 3 rings (SSSR count). The van der Waals surface area contributed by atoms with Crippen LogP contribution in [-0.4, -0.2) is 27.9 Å². The number of carbonyl (C=O) groups excluding carboxylic acids is 1. The zero-order chi connectivity index (χ0) is 13.9. The fourth-order valence-electron chi connectivity index (χ4n) is 2.20. The van der Waals surface area contributed by atoms with E-state index in [1.54, 1.807) is 10.4 Å². The summed E-state index contributed by atoms with van der Waals surface area (Å²) in [6, 6.07) is 7.47. The molecule has 1 aromatic heterocycles. The van der Waals surface area contributed by atoms with Gasteiger partial charge >= 0.3 is 0 Å². The molecule has 0 spiro atoms. The second kappa shape index (κ2) is 6.11. The lowest BCUT2D eigenvalue weighted by Crippen LogP contribution is -2.43. The van der Waals surface area contributed by atoms with Gasteiger partial charge in [0, 0.05) is 6.54 Å². The van der Waals surface area contributed by atoms with Gasteiger partial charge in [0.15, 0.2) is 4.34 Å². The molecule has 0 bridgehead atoms. The maximum absolute atomic E-state index is 12.6. The van der Waals surface area contributed by atoms with Gasteiger partial charge in [-0.25, -0.2) is 0 Å². The summed E-state index contributed by atoms with van der Waals surface area (Å²) in [7, 11) is 0. The Morgan fingerprint density at radius 2 is 2.25 bits per heavy atom. The molecule has 104 valence electrons. The summed E-state index contributed by atoms with van der Waals surface area (Å²) >= 11 is 9.15. The molecule has 0 saturated carbocycles. The third-order valence-corrected chi connectivity index (χ3v) is 5.50. The minimum atomic E-state index is -0.104. The lowest BCUT2D eigenvalue weighted by Gasteiger charge is -2.32. The number of aromatic nitrogens is 2. The van der Waals surface area contributed by atoms with Crippen molar-refractivity contribution in [1.82, 2.24) is 10.2 Å². The first kappa shape index (κ1) is 13.9. The van der Waals surface area contributed by atoms with Gasteiger partial charge in [0.1, 0.15) is 5.51 Å². The summed E-state index contributed by atoms with van der Waals surface area (Å²) in [6.07, 6.45) is 1.83. The lowest BCUT2D eigenvalue weighted by molar-refractivity contribution is -0.119. The molecule has 1 atom stereocenters. The van der Waals surface area contributed by atoms with Gasteiger partial charge in [0.25, 0.3) is 0 Å². The Labute approximate surface area is 130 Å². The van der Waals surface area contributed by atoms with Gasteiger partial charge in [-0.1, -0.05) is 46.8 Å². The van der Waals surface area contributed by atoms with E-state index in [1.807, 2.05) is 24.3 Å². The first-order chi connectivity index (χ1) is 9.75. The molecule has 0 aliphatic carbocycles. The maximum atomic E-state index is 12.6. The average molecular weight is 326 g/mol. The Morgan fingerprint density at radius 3 is 3.00 bits per heavy atom. The molecule has 0 N–H and O–H groups in total. The van der Waals surface area contributed by atoms with Crippen molar-refractivity contribution in [3.05, 3.63) is 34.8 Å². The number of hydrogen-bond donors (Lipinski definition) is 0. The van der Waals surface area contributed by atoms with Gasteiger partial charge in [-0.3, -0.25) is 4.79 Å². The van der Waals surface area contributed by atoms with E-state index in [2.05, 4.69) is 10.2 Å². The number of hydrogen-bond acceptors (Lipinski definition) is 5. The summed E-state index contributed by atoms with van der Waals surface area (Å²) in [6.45, 7) is 0.718. The van der Waals surface area contributed by atoms with Crippen LogP contribution in [0.4, 0.5) is 5.69 Å². The molecule has 0 radical (unpaired) electrons. The normalized spacial score (nSPS) is 19.4. The Hall–Kier alpha value is -1.11. The van der Waals surface area contributed by atoms with Crippen LogP contribution in [0, 0.1) is 0 Å². The fraction of sp³-hybridized carbons (Fsp3) is 0.308. The molecule has 1 aromatic carbocycles. The number of para-hydroxylation sites is 1. The average Bonchev–Trinajstić information content (AvgIpc) is 2.95. The SMILES string of the molecule is O=C1[C@@H](Sc2nncs2)CCCN1c1ccccc1Cl. The van der Waals surface area contributed by atoms with Crippen LogP contribution in [0.25, 0.3) is 0 Å². The van der Waals surface area contributed by atoms with Crippen molar-refractivity contribution in [3.8, 4) is 0 Å².